The molecular formula is C23H26N2O7. The lowest BCUT2D eigenvalue weighted by Gasteiger charge is -2.23. The average molecular weight is 442 g/mol. The smallest absolute Gasteiger partial charge is 0.328 e. The third-order valence-corrected chi connectivity index (χ3v) is 4.76. The van der Waals surface area contributed by atoms with Gasteiger partial charge in [-0.1, -0.05) is 30.3 Å². The highest BCUT2D eigenvalue weighted by Gasteiger charge is 2.17. The van der Waals surface area contributed by atoms with Crippen LogP contribution in [-0.4, -0.2) is 66.0 Å². The van der Waals surface area contributed by atoms with Gasteiger partial charge in [0, 0.05) is 17.8 Å². The van der Waals surface area contributed by atoms with Crippen molar-refractivity contribution in [2.45, 2.75) is 13.0 Å². The van der Waals surface area contributed by atoms with Crippen molar-refractivity contribution in [3.63, 3.8) is 0 Å². The topological polar surface area (TPSA) is 130 Å². The van der Waals surface area contributed by atoms with Crippen LogP contribution >= 0.6 is 0 Å². The Labute approximate surface area is 185 Å². The zero-order chi connectivity index (χ0) is 23.3. The van der Waals surface area contributed by atoms with Gasteiger partial charge in [0.2, 0.25) is 5.78 Å². The highest BCUT2D eigenvalue weighted by Crippen LogP contribution is 2.11. The third-order valence-electron chi connectivity index (χ3n) is 4.76. The number of nitrogens with one attached hydrogen (secondary N) is 1. The molecule has 0 aliphatic carbocycles. The number of carbonyl (C=O) groups excluding carboxylic acids is 3. The molecule has 1 aliphatic heterocycles. The molecule has 0 saturated carbocycles. The Morgan fingerprint density at radius 1 is 1.03 bits per heavy atom. The number of Topliss-reactive ketones (excluding diaryl/α,β-unsaturated/α-hetero) is 1. The van der Waals surface area contributed by atoms with Gasteiger partial charge in [-0.25, -0.2) is 4.79 Å². The van der Waals surface area contributed by atoms with Gasteiger partial charge in [0.15, 0.2) is 5.78 Å². The highest BCUT2D eigenvalue weighted by atomic mass is 16.5. The number of nitrogens with zero attached hydrogens (tertiary/aromatic N) is 1. The lowest BCUT2D eigenvalue weighted by Crippen LogP contribution is -3.14. The van der Waals surface area contributed by atoms with E-state index in [1.807, 2.05) is 24.3 Å². The number of carboxylic acid groups (broad SMARTS) is 2. The maximum Gasteiger partial charge on any atom is 0.328 e. The molecule has 0 atom stereocenters. The molecule has 1 aromatic carbocycles. The molecule has 9 heteroatoms. The molecule has 0 spiro atoms. The Hall–Kier alpha value is -3.56. The lowest BCUT2D eigenvalue weighted by molar-refractivity contribution is -0.907. The first-order valence-corrected chi connectivity index (χ1v) is 10.2. The van der Waals surface area contributed by atoms with Gasteiger partial charge in [0.05, 0.1) is 44.4 Å². The van der Waals surface area contributed by atoms with E-state index in [2.05, 4.69) is 0 Å². The first kappa shape index (κ1) is 24.7. The van der Waals surface area contributed by atoms with Crippen LogP contribution in [0.15, 0.2) is 60.8 Å². The maximum absolute atomic E-state index is 12.6. The SMILES string of the molecule is O=C(CC[NH+]1CCOCC1)Cn1cccc1C(=O)c1ccccc1.O=C([O-])/C=C\C(=O)O. The van der Waals surface area contributed by atoms with Crippen LogP contribution in [0, 0.1) is 0 Å². The zero-order valence-corrected chi connectivity index (χ0v) is 17.6. The Morgan fingerprint density at radius 3 is 2.31 bits per heavy atom. The van der Waals surface area contributed by atoms with Crippen molar-refractivity contribution < 1.29 is 39.0 Å². The number of ketones is 2. The Morgan fingerprint density at radius 2 is 1.72 bits per heavy atom. The molecule has 0 bridgehead atoms. The van der Waals surface area contributed by atoms with E-state index in [1.165, 1.54) is 4.90 Å². The predicted molar refractivity (Wildman–Crippen MR) is 112 cm³/mol. The van der Waals surface area contributed by atoms with Gasteiger partial charge in [0.1, 0.15) is 13.1 Å². The summed E-state index contributed by atoms with van der Waals surface area (Å²) < 4.78 is 7.08. The van der Waals surface area contributed by atoms with Crippen LogP contribution in [0.5, 0.6) is 0 Å². The standard InChI is InChI=1S/C19H22N2O3.C4H4O4/c22-17(8-10-20-11-13-24-14-12-20)15-21-9-4-7-18(21)19(23)16-5-2-1-3-6-16;5-3(6)1-2-4(7)8/h1-7,9H,8,10-15H2;1-2H,(H,5,6)(H,7,8)/b;2-1-. The fraction of sp³-hybridized carbons (Fsp3) is 0.304. The second kappa shape index (κ2) is 13.0. The van der Waals surface area contributed by atoms with Crippen molar-refractivity contribution in [3.05, 3.63) is 72.1 Å². The molecule has 2 N–H and O–H groups in total. The number of carbonyl (C=O) groups is 4. The number of carboxylic acids is 2. The van der Waals surface area contributed by atoms with Crippen molar-refractivity contribution in [1.82, 2.24) is 4.57 Å². The minimum absolute atomic E-state index is 0.0489. The van der Waals surface area contributed by atoms with E-state index in [4.69, 9.17) is 9.84 Å². The van der Waals surface area contributed by atoms with Crippen molar-refractivity contribution in [2.24, 2.45) is 0 Å². The van der Waals surface area contributed by atoms with Crippen LogP contribution in [-0.2, 0) is 25.7 Å². The van der Waals surface area contributed by atoms with Gasteiger partial charge in [0.25, 0.3) is 0 Å². The number of benzene rings is 1. The Balaban J connectivity index is 0.000000390. The van der Waals surface area contributed by atoms with E-state index < -0.39 is 11.9 Å². The van der Waals surface area contributed by atoms with Crippen LogP contribution in [0.2, 0.25) is 0 Å². The molecular weight excluding hydrogens is 416 g/mol. The summed E-state index contributed by atoms with van der Waals surface area (Å²) in [5.41, 5.74) is 1.20. The molecule has 2 heterocycles. The number of aliphatic carboxylic acids is 2. The molecule has 0 radical (unpaired) electrons. The first-order chi connectivity index (χ1) is 15.4. The molecule has 0 unspecified atom stereocenters. The molecule has 170 valence electrons. The van der Waals surface area contributed by atoms with E-state index >= 15 is 0 Å². The molecule has 2 aromatic rings. The normalized spacial score (nSPS) is 13.9. The van der Waals surface area contributed by atoms with E-state index in [0.29, 0.717) is 29.8 Å². The number of ether oxygens (including phenoxy) is 1. The highest BCUT2D eigenvalue weighted by molar-refractivity contribution is 6.08. The molecule has 1 saturated heterocycles. The van der Waals surface area contributed by atoms with Crippen LogP contribution in [0.4, 0.5) is 0 Å². The summed E-state index contributed by atoms with van der Waals surface area (Å²) in [5.74, 6) is -2.69. The van der Waals surface area contributed by atoms with E-state index in [9.17, 15) is 24.3 Å². The lowest BCUT2D eigenvalue weighted by atomic mass is 10.1. The third kappa shape index (κ3) is 8.66. The van der Waals surface area contributed by atoms with Gasteiger partial charge < -0.3 is 29.2 Å². The number of aromatic nitrogens is 1. The number of quaternary nitrogens is 1. The fourth-order valence-corrected chi connectivity index (χ4v) is 3.13. The molecule has 32 heavy (non-hydrogen) atoms. The maximum atomic E-state index is 12.6. The number of hydrogen-bond acceptors (Lipinski definition) is 6. The second-order valence-corrected chi connectivity index (χ2v) is 7.11. The van der Waals surface area contributed by atoms with E-state index in [0.717, 1.165) is 32.8 Å². The van der Waals surface area contributed by atoms with Gasteiger partial charge in [-0.2, -0.15) is 0 Å². The largest absolute Gasteiger partial charge is 0.545 e. The van der Waals surface area contributed by atoms with Gasteiger partial charge >= 0.3 is 5.97 Å². The van der Waals surface area contributed by atoms with E-state index in [1.54, 1.807) is 29.0 Å². The number of hydrogen-bond donors (Lipinski definition) is 2. The average Bonchev–Trinajstić information content (AvgIpc) is 3.25. The van der Waals surface area contributed by atoms with Crippen LogP contribution in [0.1, 0.15) is 22.5 Å². The van der Waals surface area contributed by atoms with Crippen LogP contribution < -0.4 is 10.0 Å². The summed E-state index contributed by atoms with van der Waals surface area (Å²) in [6, 6.07) is 12.7. The first-order valence-electron chi connectivity index (χ1n) is 10.2. The van der Waals surface area contributed by atoms with Crippen molar-refractivity contribution in [3.8, 4) is 0 Å². The Kier molecular flexibility index (Phi) is 10.0. The van der Waals surface area contributed by atoms with Crippen molar-refractivity contribution in [2.75, 3.05) is 32.8 Å². The minimum atomic E-state index is -1.51. The van der Waals surface area contributed by atoms with Crippen molar-refractivity contribution in [1.29, 1.82) is 0 Å². The van der Waals surface area contributed by atoms with Gasteiger partial charge in [-0.3, -0.25) is 9.59 Å². The quantitative estimate of drug-likeness (QED) is 0.375. The molecule has 1 aliphatic rings. The number of rotatable bonds is 9. The summed E-state index contributed by atoms with van der Waals surface area (Å²) in [7, 11) is 0. The predicted octanol–water partition coefficient (Wildman–Crippen LogP) is -1.03. The minimum Gasteiger partial charge on any atom is -0.545 e. The number of morpholine rings is 1. The summed E-state index contributed by atoms with van der Waals surface area (Å²) in [6.45, 7) is 4.58. The summed E-state index contributed by atoms with van der Waals surface area (Å²) >= 11 is 0. The molecule has 1 fully saturated rings. The molecule has 3 rings (SSSR count). The zero-order valence-electron chi connectivity index (χ0n) is 17.6. The Bertz CT molecular complexity index is 928. The summed E-state index contributed by atoms with van der Waals surface area (Å²) in [6.07, 6.45) is 3.28. The fourth-order valence-electron chi connectivity index (χ4n) is 3.13. The second-order valence-electron chi connectivity index (χ2n) is 7.11. The van der Waals surface area contributed by atoms with Crippen molar-refractivity contribution >= 4 is 23.5 Å². The summed E-state index contributed by atoms with van der Waals surface area (Å²) in [4.78, 5) is 45.2. The van der Waals surface area contributed by atoms with Crippen LogP contribution in [0.25, 0.3) is 0 Å². The van der Waals surface area contributed by atoms with Crippen LogP contribution in [0.3, 0.4) is 0 Å². The molecule has 1 aromatic heterocycles. The van der Waals surface area contributed by atoms with Gasteiger partial charge in [-0.15, -0.1) is 0 Å². The molecule has 9 nitrogen and oxygen atoms in total. The van der Waals surface area contributed by atoms with E-state index in [-0.39, 0.29) is 18.1 Å². The molecule has 0 amide bonds. The monoisotopic (exact) mass is 442 g/mol. The van der Waals surface area contributed by atoms with Gasteiger partial charge in [-0.05, 0) is 18.2 Å². The summed E-state index contributed by atoms with van der Waals surface area (Å²) in [5, 5.41) is 17.2.